The Morgan fingerprint density at radius 3 is 2.91 bits per heavy atom. The summed E-state index contributed by atoms with van der Waals surface area (Å²) in [6.45, 7) is 2.75. The van der Waals surface area contributed by atoms with Gasteiger partial charge in [-0.25, -0.2) is 4.98 Å². The fourth-order valence-electron chi connectivity index (χ4n) is 2.54. The average molecular weight is 330 g/mol. The summed E-state index contributed by atoms with van der Waals surface area (Å²) in [5.41, 5.74) is 0.839. The van der Waals surface area contributed by atoms with Crippen molar-refractivity contribution >= 4 is 29.3 Å². The van der Waals surface area contributed by atoms with Crippen LogP contribution in [-0.4, -0.2) is 39.7 Å². The zero-order valence-corrected chi connectivity index (χ0v) is 13.8. The summed E-state index contributed by atoms with van der Waals surface area (Å²) in [6.07, 6.45) is 5.21. The average Bonchev–Trinajstić information content (AvgIpc) is 3.06. The van der Waals surface area contributed by atoms with Gasteiger partial charge >= 0.3 is 0 Å². The molecule has 2 amide bonds. The predicted molar refractivity (Wildman–Crippen MR) is 89.4 cm³/mol. The number of rotatable bonds is 4. The number of fused-ring (bicyclic) bond motifs is 1. The highest BCUT2D eigenvalue weighted by Gasteiger charge is 2.48. The third-order valence-electron chi connectivity index (χ3n) is 3.90. The van der Waals surface area contributed by atoms with E-state index in [0.29, 0.717) is 13.1 Å². The standard InChI is InChI=1S/C16H18N4O2S/c1-16(14(21)18-8-10-20-9-7-17-11-20)15(22)19(2)12-5-3-4-6-13(12)23-16/h3-7,9,11H,8,10H2,1-2H3,(H,18,21). The number of hydrogen-bond donors (Lipinski definition) is 1. The zero-order chi connectivity index (χ0) is 16.4. The summed E-state index contributed by atoms with van der Waals surface area (Å²) < 4.78 is 0.720. The number of imidazole rings is 1. The van der Waals surface area contributed by atoms with Gasteiger partial charge in [0.05, 0.1) is 12.0 Å². The van der Waals surface area contributed by atoms with Crippen LogP contribution < -0.4 is 10.2 Å². The van der Waals surface area contributed by atoms with Crippen molar-refractivity contribution in [2.24, 2.45) is 0 Å². The number of amides is 2. The van der Waals surface area contributed by atoms with E-state index in [0.717, 1.165) is 10.6 Å². The fraction of sp³-hybridized carbons (Fsp3) is 0.312. The van der Waals surface area contributed by atoms with Crippen molar-refractivity contribution in [2.45, 2.75) is 23.1 Å². The van der Waals surface area contributed by atoms with Crippen molar-refractivity contribution in [2.75, 3.05) is 18.5 Å². The Bertz CT molecular complexity index is 731. The van der Waals surface area contributed by atoms with E-state index in [-0.39, 0.29) is 11.8 Å². The van der Waals surface area contributed by atoms with E-state index >= 15 is 0 Å². The minimum absolute atomic E-state index is 0.207. The summed E-state index contributed by atoms with van der Waals surface area (Å²) in [5, 5.41) is 2.86. The SMILES string of the molecule is CN1C(=O)C(C)(C(=O)NCCn2ccnc2)Sc2ccccc21. The van der Waals surface area contributed by atoms with Gasteiger partial charge in [-0.1, -0.05) is 23.9 Å². The lowest BCUT2D eigenvalue weighted by Gasteiger charge is -2.36. The first-order chi connectivity index (χ1) is 11.0. The minimum Gasteiger partial charge on any atom is -0.353 e. The number of hydrogen-bond acceptors (Lipinski definition) is 4. The first-order valence-corrected chi connectivity index (χ1v) is 8.14. The molecular formula is C16H18N4O2S. The molecule has 3 rings (SSSR count). The van der Waals surface area contributed by atoms with Gasteiger partial charge in [0.1, 0.15) is 0 Å². The van der Waals surface area contributed by atoms with Gasteiger partial charge in [-0.15, -0.1) is 0 Å². The van der Waals surface area contributed by atoms with Crippen LogP contribution in [0.1, 0.15) is 6.92 Å². The zero-order valence-electron chi connectivity index (χ0n) is 13.0. The quantitative estimate of drug-likeness (QED) is 0.863. The summed E-state index contributed by atoms with van der Waals surface area (Å²) in [6, 6.07) is 7.61. The second kappa shape index (κ2) is 6.08. The molecule has 1 aliphatic heterocycles. The van der Waals surface area contributed by atoms with Crippen molar-refractivity contribution in [3.05, 3.63) is 43.0 Å². The first kappa shape index (κ1) is 15.6. The van der Waals surface area contributed by atoms with Gasteiger partial charge in [-0.3, -0.25) is 9.59 Å². The van der Waals surface area contributed by atoms with Gasteiger partial charge in [0, 0.05) is 37.4 Å². The molecule has 1 N–H and O–H groups in total. The van der Waals surface area contributed by atoms with E-state index in [4.69, 9.17) is 0 Å². The summed E-state index contributed by atoms with van der Waals surface area (Å²) in [4.78, 5) is 31.7. The molecule has 0 aliphatic carbocycles. The molecule has 0 saturated carbocycles. The van der Waals surface area contributed by atoms with Gasteiger partial charge < -0.3 is 14.8 Å². The van der Waals surface area contributed by atoms with Crippen LogP contribution in [0.25, 0.3) is 0 Å². The topological polar surface area (TPSA) is 67.2 Å². The Morgan fingerprint density at radius 2 is 2.17 bits per heavy atom. The number of nitrogens with one attached hydrogen (secondary N) is 1. The van der Waals surface area contributed by atoms with Gasteiger partial charge in [0.2, 0.25) is 5.91 Å². The maximum atomic E-state index is 12.7. The fourth-order valence-corrected chi connectivity index (χ4v) is 3.83. The molecule has 1 aliphatic rings. The van der Waals surface area contributed by atoms with E-state index in [1.165, 1.54) is 11.8 Å². The molecule has 0 spiro atoms. The van der Waals surface area contributed by atoms with Gasteiger partial charge in [0.25, 0.3) is 5.91 Å². The first-order valence-electron chi connectivity index (χ1n) is 7.32. The highest BCUT2D eigenvalue weighted by Crippen LogP contribution is 2.44. The second-order valence-corrected chi connectivity index (χ2v) is 6.98. The smallest absolute Gasteiger partial charge is 0.252 e. The Hall–Kier alpha value is -2.28. The monoisotopic (exact) mass is 330 g/mol. The lowest BCUT2D eigenvalue weighted by Crippen LogP contribution is -2.55. The van der Waals surface area contributed by atoms with Crippen LogP contribution in [0.5, 0.6) is 0 Å². The number of nitrogens with zero attached hydrogens (tertiary/aromatic N) is 3. The maximum absolute atomic E-state index is 12.7. The molecule has 1 atom stereocenters. The number of para-hydroxylation sites is 1. The number of benzene rings is 1. The normalized spacial score (nSPS) is 20.3. The molecule has 0 bridgehead atoms. The number of carbonyl (C=O) groups excluding carboxylic acids is 2. The number of anilines is 1. The molecule has 23 heavy (non-hydrogen) atoms. The van der Waals surface area contributed by atoms with Gasteiger partial charge in [-0.2, -0.15) is 0 Å². The van der Waals surface area contributed by atoms with Crippen molar-refractivity contribution in [3.63, 3.8) is 0 Å². The van der Waals surface area contributed by atoms with Gasteiger partial charge in [-0.05, 0) is 19.1 Å². The summed E-state index contributed by atoms with van der Waals surface area (Å²) in [7, 11) is 1.71. The van der Waals surface area contributed by atoms with Crippen LogP contribution in [0.15, 0.2) is 47.9 Å². The van der Waals surface area contributed by atoms with Crippen molar-refractivity contribution in [1.29, 1.82) is 0 Å². The number of aromatic nitrogens is 2. The van der Waals surface area contributed by atoms with Crippen LogP contribution in [0.2, 0.25) is 0 Å². The Balaban J connectivity index is 1.73. The molecule has 7 heteroatoms. The van der Waals surface area contributed by atoms with E-state index in [1.807, 2.05) is 35.0 Å². The van der Waals surface area contributed by atoms with Crippen molar-refractivity contribution < 1.29 is 9.59 Å². The highest BCUT2D eigenvalue weighted by molar-refractivity contribution is 8.02. The Morgan fingerprint density at radius 1 is 1.39 bits per heavy atom. The summed E-state index contributed by atoms with van der Waals surface area (Å²) >= 11 is 1.30. The molecule has 6 nitrogen and oxygen atoms in total. The molecule has 1 aromatic carbocycles. The lowest BCUT2D eigenvalue weighted by atomic mass is 10.1. The van der Waals surface area contributed by atoms with E-state index in [9.17, 15) is 9.59 Å². The van der Waals surface area contributed by atoms with Gasteiger partial charge in [0.15, 0.2) is 4.75 Å². The Labute approximate surface area is 138 Å². The van der Waals surface area contributed by atoms with Crippen LogP contribution >= 0.6 is 11.8 Å². The molecule has 1 unspecified atom stereocenters. The van der Waals surface area contributed by atoms with Crippen LogP contribution in [0.4, 0.5) is 5.69 Å². The minimum atomic E-state index is -1.15. The Kier molecular flexibility index (Phi) is 4.12. The third-order valence-corrected chi connectivity index (χ3v) is 5.23. The molecule has 120 valence electrons. The molecule has 0 fully saturated rings. The summed E-state index contributed by atoms with van der Waals surface area (Å²) in [5.74, 6) is -0.477. The maximum Gasteiger partial charge on any atom is 0.252 e. The molecule has 1 aromatic heterocycles. The van der Waals surface area contributed by atoms with Crippen LogP contribution in [-0.2, 0) is 16.1 Å². The molecule has 2 heterocycles. The molecular weight excluding hydrogens is 312 g/mol. The third kappa shape index (κ3) is 2.84. The molecule has 0 saturated heterocycles. The number of carbonyl (C=O) groups is 2. The second-order valence-electron chi connectivity index (χ2n) is 5.52. The largest absolute Gasteiger partial charge is 0.353 e. The molecule has 0 radical (unpaired) electrons. The number of thioether (sulfide) groups is 1. The van der Waals surface area contributed by atoms with E-state index in [1.54, 1.807) is 31.4 Å². The van der Waals surface area contributed by atoms with E-state index in [2.05, 4.69) is 10.3 Å². The predicted octanol–water partition coefficient (Wildman–Crippen LogP) is 1.53. The van der Waals surface area contributed by atoms with Crippen molar-refractivity contribution in [3.8, 4) is 0 Å². The highest BCUT2D eigenvalue weighted by atomic mass is 32.2. The van der Waals surface area contributed by atoms with E-state index < -0.39 is 4.75 Å². The van der Waals surface area contributed by atoms with Crippen LogP contribution in [0.3, 0.4) is 0 Å². The van der Waals surface area contributed by atoms with Crippen LogP contribution in [0, 0.1) is 0 Å². The molecule has 2 aromatic rings. The van der Waals surface area contributed by atoms with Crippen molar-refractivity contribution in [1.82, 2.24) is 14.9 Å². The lowest BCUT2D eigenvalue weighted by molar-refractivity contribution is -0.131.